The van der Waals surface area contributed by atoms with Crippen LogP contribution in [0.5, 0.6) is 0 Å². The second-order valence-corrected chi connectivity index (χ2v) is 8.15. The van der Waals surface area contributed by atoms with Crippen LogP contribution in [0.2, 0.25) is 0 Å². The largest absolute Gasteiger partial charge is 0.397 e. The highest BCUT2D eigenvalue weighted by molar-refractivity contribution is 7.18. The summed E-state index contributed by atoms with van der Waals surface area (Å²) < 4.78 is 0. The Morgan fingerprint density at radius 2 is 2.14 bits per heavy atom. The van der Waals surface area contributed by atoms with Crippen LogP contribution < -0.4 is 16.0 Å². The summed E-state index contributed by atoms with van der Waals surface area (Å²) in [4.78, 5) is 15.3. The summed E-state index contributed by atoms with van der Waals surface area (Å²) in [6.45, 7) is 6.80. The van der Waals surface area contributed by atoms with Crippen LogP contribution in [0, 0.1) is 5.41 Å². The number of amides is 1. The summed E-state index contributed by atoms with van der Waals surface area (Å²) in [7, 11) is 0. The maximum Gasteiger partial charge on any atom is 0.263 e. The molecule has 1 aromatic rings. The SMILES string of the molecule is CC1(C)CCCN(c2cc(N)c(C(=O)NC3CC3)s2)CC1. The third-order valence-electron chi connectivity index (χ3n) is 4.52. The fourth-order valence-electron chi connectivity index (χ4n) is 2.85. The first kappa shape index (κ1) is 14.7. The van der Waals surface area contributed by atoms with E-state index in [9.17, 15) is 4.79 Å². The van der Waals surface area contributed by atoms with E-state index in [1.54, 1.807) is 11.3 Å². The van der Waals surface area contributed by atoms with Gasteiger partial charge in [-0.25, -0.2) is 0 Å². The van der Waals surface area contributed by atoms with E-state index in [0.717, 1.165) is 30.9 Å². The average molecular weight is 307 g/mol. The second-order valence-electron chi connectivity index (χ2n) is 7.12. The molecule has 5 heteroatoms. The van der Waals surface area contributed by atoms with Gasteiger partial charge >= 0.3 is 0 Å². The van der Waals surface area contributed by atoms with Crippen LogP contribution in [0.15, 0.2) is 6.07 Å². The number of anilines is 2. The van der Waals surface area contributed by atoms with Crippen molar-refractivity contribution in [2.45, 2.75) is 52.0 Å². The molecule has 3 rings (SSSR count). The zero-order chi connectivity index (χ0) is 15.0. The van der Waals surface area contributed by atoms with Crippen molar-refractivity contribution in [3.63, 3.8) is 0 Å². The summed E-state index contributed by atoms with van der Waals surface area (Å²) in [6.07, 6.45) is 5.86. The van der Waals surface area contributed by atoms with Crippen molar-refractivity contribution in [2.24, 2.45) is 5.41 Å². The van der Waals surface area contributed by atoms with Crippen molar-refractivity contribution in [2.75, 3.05) is 23.7 Å². The molecule has 1 aliphatic carbocycles. The van der Waals surface area contributed by atoms with Gasteiger partial charge in [0.2, 0.25) is 0 Å². The molecule has 0 aromatic carbocycles. The standard InChI is InChI=1S/C16H25N3OS/c1-16(2)6-3-8-19(9-7-16)13-10-12(17)14(21-13)15(20)18-11-4-5-11/h10-11H,3-9,17H2,1-2H3,(H,18,20). The third kappa shape index (κ3) is 3.51. The minimum atomic E-state index is 0.00130. The molecule has 116 valence electrons. The quantitative estimate of drug-likeness (QED) is 0.901. The van der Waals surface area contributed by atoms with Crippen LogP contribution in [0.4, 0.5) is 10.7 Å². The number of nitrogens with zero attached hydrogens (tertiary/aromatic N) is 1. The topological polar surface area (TPSA) is 58.4 Å². The number of nitrogens with two attached hydrogens (primary N) is 1. The fraction of sp³-hybridized carbons (Fsp3) is 0.688. The summed E-state index contributed by atoms with van der Waals surface area (Å²) in [5.41, 5.74) is 7.10. The van der Waals surface area contributed by atoms with Crippen molar-refractivity contribution in [3.05, 3.63) is 10.9 Å². The number of carbonyl (C=O) groups excluding carboxylic acids is 1. The highest BCUT2D eigenvalue weighted by Crippen LogP contribution is 2.37. The van der Waals surface area contributed by atoms with Crippen LogP contribution >= 0.6 is 11.3 Å². The number of hydrogen-bond acceptors (Lipinski definition) is 4. The molecule has 4 nitrogen and oxygen atoms in total. The van der Waals surface area contributed by atoms with Gasteiger partial charge in [-0.05, 0) is 43.6 Å². The molecule has 1 saturated carbocycles. The molecule has 1 amide bonds. The van der Waals surface area contributed by atoms with Gasteiger partial charge in [0, 0.05) is 19.1 Å². The molecule has 21 heavy (non-hydrogen) atoms. The molecule has 3 N–H and O–H groups in total. The molecule has 1 aromatic heterocycles. The van der Waals surface area contributed by atoms with Gasteiger partial charge in [-0.3, -0.25) is 4.79 Å². The monoisotopic (exact) mass is 307 g/mol. The highest BCUT2D eigenvalue weighted by Gasteiger charge is 2.27. The first-order valence-electron chi connectivity index (χ1n) is 7.90. The van der Waals surface area contributed by atoms with Crippen LogP contribution in [0.1, 0.15) is 55.6 Å². The molecule has 2 heterocycles. The first-order chi connectivity index (χ1) is 9.94. The Kier molecular flexibility index (Phi) is 3.86. The number of thiophene rings is 1. The van der Waals surface area contributed by atoms with Crippen LogP contribution in [0.25, 0.3) is 0 Å². The van der Waals surface area contributed by atoms with Crippen LogP contribution in [0.3, 0.4) is 0 Å². The third-order valence-corrected chi connectivity index (χ3v) is 5.73. The van der Waals surface area contributed by atoms with Gasteiger partial charge in [0.15, 0.2) is 0 Å². The predicted molar refractivity (Wildman–Crippen MR) is 89.1 cm³/mol. The van der Waals surface area contributed by atoms with E-state index in [1.807, 2.05) is 6.07 Å². The van der Waals surface area contributed by atoms with Gasteiger partial charge in [-0.2, -0.15) is 0 Å². The Labute approximate surface area is 130 Å². The van der Waals surface area contributed by atoms with E-state index < -0.39 is 0 Å². The molecule has 1 aliphatic heterocycles. The lowest BCUT2D eigenvalue weighted by Crippen LogP contribution is -2.25. The molecular weight excluding hydrogens is 282 g/mol. The van der Waals surface area contributed by atoms with Gasteiger partial charge in [-0.15, -0.1) is 11.3 Å². The molecule has 1 saturated heterocycles. The second kappa shape index (κ2) is 5.52. The van der Waals surface area contributed by atoms with Gasteiger partial charge in [0.1, 0.15) is 4.88 Å². The lowest BCUT2D eigenvalue weighted by atomic mass is 9.85. The van der Waals surface area contributed by atoms with Gasteiger partial charge in [0.05, 0.1) is 10.7 Å². The summed E-state index contributed by atoms with van der Waals surface area (Å²) in [6, 6.07) is 2.35. The Bertz CT molecular complexity index is 534. The van der Waals surface area contributed by atoms with Crippen molar-refractivity contribution in [1.29, 1.82) is 0 Å². The van der Waals surface area contributed by atoms with Crippen molar-refractivity contribution >= 4 is 27.9 Å². The average Bonchev–Trinajstić information content (AvgIpc) is 3.16. The van der Waals surface area contributed by atoms with Crippen molar-refractivity contribution in [3.8, 4) is 0 Å². The van der Waals surface area contributed by atoms with E-state index in [1.165, 1.54) is 19.3 Å². The highest BCUT2D eigenvalue weighted by atomic mass is 32.1. The zero-order valence-electron chi connectivity index (χ0n) is 12.9. The zero-order valence-corrected chi connectivity index (χ0v) is 13.8. The fourth-order valence-corrected chi connectivity index (χ4v) is 3.88. The summed E-state index contributed by atoms with van der Waals surface area (Å²) in [5.74, 6) is 0.00130. The molecule has 0 radical (unpaired) electrons. The Hall–Kier alpha value is -1.23. The van der Waals surface area contributed by atoms with Crippen molar-refractivity contribution in [1.82, 2.24) is 5.32 Å². The minimum absolute atomic E-state index is 0.00130. The van der Waals surface area contributed by atoms with E-state index in [2.05, 4.69) is 24.1 Å². The Balaban J connectivity index is 1.72. The van der Waals surface area contributed by atoms with Crippen LogP contribution in [-0.4, -0.2) is 25.0 Å². The summed E-state index contributed by atoms with van der Waals surface area (Å²) >= 11 is 1.54. The Morgan fingerprint density at radius 3 is 2.86 bits per heavy atom. The number of rotatable bonds is 3. The van der Waals surface area contributed by atoms with Crippen molar-refractivity contribution < 1.29 is 4.79 Å². The molecule has 0 atom stereocenters. The first-order valence-corrected chi connectivity index (χ1v) is 8.71. The van der Waals surface area contributed by atoms with E-state index in [0.29, 0.717) is 22.0 Å². The van der Waals surface area contributed by atoms with E-state index >= 15 is 0 Å². The number of nitrogens with one attached hydrogen (secondary N) is 1. The lowest BCUT2D eigenvalue weighted by Gasteiger charge is -2.23. The maximum absolute atomic E-state index is 12.2. The van der Waals surface area contributed by atoms with E-state index in [-0.39, 0.29) is 5.91 Å². The van der Waals surface area contributed by atoms with Crippen LogP contribution in [-0.2, 0) is 0 Å². The molecule has 0 unspecified atom stereocenters. The number of hydrogen-bond donors (Lipinski definition) is 2. The molecule has 0 spiro atoms. The number of nitrogen functional groups attached to an aromatic ring is 1. The minimum Gasteiger partial charge on any atom is -0.397 e. The molecular formula is C16H25N3OS. The van der Waals surface area contributed by atoms with Gasteiger partial charge in [0.25, 0.3) is 5.91 Å². The predicted octanol–water partition coefficient (Wildman–Crippen LogP) is 3.24. The Morgan fingerprint density at radius 1 is 1.38 bits per heavy atom. The van der Waals surface area contributed by atoms with Gasteiger partial charge < -0.3 is 16.0 Å². The molecule has 2 fully saturated rings. The van der Waals surface area contributed by atoms with E-state index in [4.69, 9.17) is 5.73 Å². The maximum atomic E-state index is 12.2. The normalized spacial score (nSPS) is 21.9. The molecule has 0 bridgehead atoms. The lowest BCUT2D eigenvalue weighted by molar-refractivity contribution is 0.0956. The molecule has 2 aliphatic rings. The summed E-state index contributed by atoms with van der Waals surface area (Å²) in [5, 5.41) is 4.17. The van der Waals surface area contributed by atoms with Gasteiger partial charge in [-0.1, -0.05) is 13.8 Å². The smallest absolute Gasteiger partial charge is 0.263 e. The number of carbonyl (C=O) groups is 1.